The number of allylic oxidation sites excluding steroid dienone is 1. The molecule has 5 nitrogen and oxygen atoms in total. The third-order valence-corrected chi connectivity index (χ3v) is 4.31. The van der Waals surface area contributed by atoms with Gasteiger partial charge in [0.05, 0.1) is 18.9 Å². The Morgan fingerprint density at radius 1 is 1.23 bits per heavy atom. The van der Waals surface area contributed by atoms with Gasteiger partial charge < -0.3 is 10.2 Å². The highest BCUT2D eigenvalue weighted by molar-refractivity contribution is 8.03. The van der Waals surface area contributed by atoms with Gasteiger partial charge >= 0.3 is 0 Å². The Morgan fingerprint density at radius 3 is 2.95 bits per heavy atom. The van der Waals surface area contributed by atoms with Crippen molar-refractivity contribution in [3.63, 3.8) is 0 Å². The van der Waals surface area contributed by atoms with Crippen molar-refractivity contribution in [2.75, 3.05) is 25.5 Å². The Bertz CT molecular complexity index is 595. The first-order valence-corrected chi connectivity index (χ1v) is 8.37. The molecule has 2 aromatic rings. The van der Waals surface area contributed by atoms with E-state index in [2.05, 4.69) is 46.4 Å². The number of hydrogen-bond donors (Lipinski definition) is 2. The van der Waals surface area contributed by atoms with Gasteiger partial charge in [-0.05, 0) is 23.8 Å². The van der Waals surface area contributed by atoms with Crippen LogP contribution in [0.4, 0.5) is 0 Å². The molecule has 116 valence electrons. The minimum Gasteiger partial charge on any atom is -0.379 e. The van der Waals surface area contributed by atoms with Crippen molar-refractivity contribution in [2.24, 2.45) is 0 Å². The van der Waals surface area contributed by atoms with Crippen molar-refractivity contribution < 1.29 is 4.74 Å². The predicted octanol–water partition coefficient (Wildman–Crippen LogP) is 2.11. The zero-order valence-corrected chi connectivity index (χ0v) is 13.2. The van der Waals surface area contributed by atoms with Crippen molar-refractivity contribution in [2.45, 2.75) is 6.42 Å². The van der Waals surface area contributed by atoms with Crippen LogP contribution in [0, 0.1) is 0 Å². The first-order valence-electron chi connectivity index (χ1n) is 7.39. The minimum absolute atomic E-state index is 0.742. The molecule has 0 spiro atoms. The fourth-order valence-electron chi connectivity index (χ4n) is 2.19. The lowest BCUT2D eigenvalue weighted by Gasteiger charge is -2.13. The van der Waals surface area contributed by atoms with Crippen molar-refractivity contribution in [1.82, 2.24) is 20.6 Å². The minimum atomic E-state index is 0.742. The molecule has 3 rings (SSSR count). The highest BCUT2D eigenvalue weighted by Crippen LogP contribution is 2.21. The van der Waals surface area contributed by atoms with E-state index in [0.29, 0.717) is 0 Å². The lowest BCUT2D eigenvalue weighted by molar-refractivity contribution is 0.150. The molecule has 0 saturated carbocycles. The number of hydrogen-bond acceptors (Lipinski definition) is 5. The highest BCUT2D eigenvalue weighted by Gasteiger charge is 2.04. The van der Waals surface area contributed by atoms with Gasteiger partial charge in [0.15, 0.2) is 0 Å². The first kappa shape index (κ1) is 15.1. The van der Waals surface area contributed by atoms with Crippen molar-refractivity contribution in [3.8, 4) is 5.69 Å². The lowest BCUT2D eigenvalue weighted by Crippen LogP contribution is -2.31. The van der Waals surface area contributed by atoms with Crippen molar-refractivity contribution in [1.29, 1.82) is 0 Å². The number of benzene rings is 1. The zero-order chi connectivity index (χ0) is 15.0. The molecule has 1 aromatic carbocycles. The summed E-state index contributed by atoms with van der Waals surface area (Å²) in [5.41, 5.74) is 8.62. The molecule has 1 aromatic heterocycles. The van der Waals surface area contributed by atoms with Crippen LogP contribution >= 0.6 is 11.8 Å². The van der Waals surface area contributed by atoms with Gasteiger partial charge in [0.1, 0.15) is 0 Å². The van der Waals surface area contributed by atoms with E-state index in [0.717, 1.165) is 37.6 Å². The van der Waals surface area contributed by atoms with E-state index in [-0.39, 0.29) is 0 Å². The molecular formula is C16H20N4OS. The van der Waals surface area contributed by atoms with Crippen LogP contribution in [0.15, 0.2) is 53.8 Å². The van der Waals surface area contributed by atoms with Crippen LogP contribution in [0.2, 0.25) is 0 Å². The van der Waals surface area contributed by atoms with Crippen molar-refractivity contribution >= 4 is 11.8 Å². The molecule has 2 heterocycles. The van der Waals surface area contributed by atoms with Gasteiger partial charge in [-0.25, -0.2) is 10.1 Å². The van der Waals surface area contributed by atoms with Gasteiger partial charge in [-0.2, -0.15) is 5.10 Å². The number of nitrogens with zero attached hydrogens (tertiary/aromatic N) is 2. The summed E-state index contributed by atoms with van der Waals surface area (Å²) in [6, 6.07) is 10.4. The standard InChI is InChI=1S/C16H20N4OS/c1-6-19-20(8-1)15-4-2-14(3-5-15)12-16-13-18-17-7-9-21-10-11-22-16/h1-6,8,13,17-18H,7,9-12H2. The summed E-state index contributed by atoms with van der Waals surface area (Å²) in [4.78, 5) is 1.30. The van der Waals surface area contributed by atoms with Crippen LogP contribution in [0.5, 0.6) is 0 Å². The largest absolute Gasteiger partial charge is 0.379 e. The smallest absolute Gasteiger partial charge is 0.0645 e. The normalized spacial score (nSPS) is 16.6. The third kappa shape index (κ3) is 4.37. The third-order valence-electron chi connectivity index (χ3n) is 3.31. The average Bonchev–Trinajstić information content (AvgIpc) is 3.09. The van der Waals surface area contributed by atoms with E-state index in [1.54, 1.807) is 6.20 Å². The first-order chi connectivity index (χ1) is 10.9. The number of nitrogens with one attached hydrogen (secondary N) is 2. The molecule has 0 fully saturated rings. The van der Waals surface area contributed by atoms with Gasteiger partial charge in [-0.1, -0.05) is 12.1 Å². The van der Waals surface area contributed by atoms with E-state index >= 15 is 0 Å². The van der Waals surface area contributed by atoms with E-state index in [4.69, 9.17) is 4.74 Å². The average molecular weight is 316 g/mol. The summed E-state index contributed by atoms with van der Waals surface area (Å²) >= 11 is 1.83. The fourth-order valence-corrected chi connectivity index (χ4v) is 3.07. The van der Waals surface area contributed by atoms with E-state index in [1.807, 2.05) is 28.7 Å². The quantitative estimate of drug-likeness (QED) is 0.908. The van der Waals surface area contributed by atoms with E-state index in [9.17, 15) is 0 Å². The summed E-state index contributed by atoms with van der Waals surface area (Å²) in [6.07, 6.45) is 6.70. The number of rotatable bonds is 3. The van der Waals surface area contributed by atoms with Crippen LogP contribution in [0.1, 0.15) is 5.56 Å². The Balaban J connectivity index is 1.64. The molecule has 0 radical (unpaired) electrons. The van der Waals surface area contributed by atoms with Crippen LogP contribution in [0.3, 0.4) is 0 Å². The SMILES string of the molecule is C1=C(Cc2ccc(-n3cccn3)cc2)SCCOCCNN1. The summed E-state index contributed by atoms with van der Waals surface area (Å²) in [7, 11) is 0. The molecule has 2 N–H and O–H groups in total. The zero-order valence-electron chi connectivity index (χ0n) is 12.4. The van der Waals surface area contributed by atoms with Crippen LogP contribution in [-0.4, -0.2) is 35.3 Å². The molecule has 0 saturated heterocycles. The number of aromatic nitrogens is 2. The maximum atomic E-state index is 5.51. The van der Waals surface area contributed by atoms with Crippen molar-refractivity contribution in [3.05, 3.63) is 59.4 Å². The fraction of sp³-hybridized carbons (Fsp3) is 0.312. The maximum absolute atomic E-state index is 5.51. The summed E-state index contributed by atoms with van der Waals surface area (Å²) in [5, 5.41) is 4.24. The van der Waals surface area contributed by atoms with Gasteiger partial charge in [-0.3, -0.25) is 0 Å². The molecule has 1 aliphatic rings. The van der Waals surface area contributed by atoms with Gasteiger partial charge in [0, 0.05) is 42.2 Å². The highest BCUT2D eigenvalue weighted by atomic mass is 32.2. The second kappa shape index (κ2) is 8.03. The number of thioether (sulfide) groups is 1. The predicted molar refractivity (Wildman–Crippen MR) is 89.8 cm³/mol. The number of ether oxygens (including phenoxy) is 1. The summed E-state index contributed by atoms with van der Waals surface area (Å²) in [5.74, 6) is 0.985. The molecule has 22 heavy (non-hydrogen) atoms. The molecule has 0 aliphatic carbocycles. The topological polar surface area (TPSA) is 51.1 Å². The van der Waals surface area contributed by atoms with Crippen LogP contribution in [0.25, 0.3) is 5.69 Å². The Hall–Kier alpha value is -1.76. The van der Waals surface area contributed by atoms with Gasteiger partial charge in [0.25, 0.3) is 0 Å². The molecule has 0 atom stereocenters. The van der Waals surface area contributed by atoms with E-state index in [1.165, 1.54) is 10.5 Å². The monoisotopic (exact) mass is 316 g/mol. The molecular weight excluding hydrogens is 296 g/mol. The summed E-state index contributed by atoms with van der Waals surface area (Å²) < 4.78 is 7.37. The Kier molecular flexibility index (Phi) is 5.53. The molecule has 0 unspecified atom stereocenters. The molecule has 0 amide bonds. The van der Waals surface area contributed by atoms with Crippen LogP contribution < -0.4 is 10.9 Å². The van der Waals surface area contributed by atoms with Gasteiger partial charge in [-0.15, -0.1) is 11.8 Å². The number of hydrazine groups is 1. The second-order valence-corrected chi connectivity index (χ2v) is 6.16. The maximum Gasteiger partial charge on any atom is 0.0645 e. The molecule has 6 heteroatoms. The Morgan fingerprint density at radius 2 is 2.14 bits per heavy atom. The molecule has 1 aliphatic heterocycles. The van der Waals surface area contributed by atoms with Gasteiger partial charge in [0.2, 0.25) is 0 Å². The summed E-state index contributed by atoms with van der Waals surface area (Å²) in [6.45, 7) is 2.35. The molecule has 0 bridgehead atoms. The Labute approximate surface area is 134 Å². The lowest BCUT2D eigenvalue weighted by atomic mass is 10.1. The van der Waals surface area contributed by atoms with Crippen LogP contribution in [-0.2, 0) is 11.2 Å². The van der Waals surface area contributed by atoms with E-state index < -0.39 is 0 Å². The second-order valence-electron chi connectivity index (χ2n) is 4.94.